The smallest absolute Gasteiger partial charge is 0.310 e. The van der Waals surface area contributed by atoms with E-state index < -0.39 is 77.3 Å². The van der Waals surface area contributed by atoms with Crippen LogP contribution in [0, 0.1) is 17.8 Å². The molecule has 0 saturated carbocycles. The summed E-state index contributed by atoms with van der Waals surface area (Å²) in [6.07, 6.45) is 6.22. The quantitative estimate of drug-likeness (QED) is 0.0800. The summed E-state index contributed by atoms with van der Waals surface area (Å²) in [5, 5.41) is 10.6. The molecule has 0 amide bonds. The number of ether oxygens (including phenoxy) is 5. The zero-order chi connectivity index (χ0) is 36.8. The third-order valence-corrected chi connectivity index (χ3v) is 8.94. The number of allylic oxidation sites excluding steroid dienone is 3. The highest BCUT2D eigenvalue weighted by Crippen LogP contribution is 2.30. The third kappa shape index (κ3) is 15.4. The molecule has 0 radical (unpaired) electrons. The van der Waals surface area contributed by atoms with Crippen LogP contribution in [0.5, 0.6) is 0 Å². The van der Waals surface area contributed by atoms with Gasteiger partial charge in [-0.3, -0.25) is 24.0 Å². The van der Waals surface area contributed by atoms with Crippen molar-refractivity contribution in [2.75, 3.05) is 0 Å². The van der Waals surface area contributed by atoms with E-state index in [-0.39, 0.29) is 31.1 Å². The van der Waals surface area contributed by atoms with Crippen molar-refractivity contribution in [2.45, 2.75) is 143 Å². The molecule has 0 fully saturated rings. The number of cyclic esters (lactones) is 1. The van der Waals surface area contributed by atoms with Crippen LogP contribution in [0.15, 0.2) is 36.0 Å². The summed E-state index contributed by atoms with van der Waals surface area (Å²) in [5.41, 5.74) is -0.793. The maximum absolute atomic E-state index is 13.1. The van der Waals surface area contributed by atoms with Crippen LogP contribution in [-0.4, -0.2) is 76.5 Å². The maximum Gasteiger partial charge on any atom is 0.310 e. The molecule has 1 rings (SSSR count). The average molecular weight is 699 g/mol. The summed E-state index contributed by atoms with van der Waals surface area (Å²) in [6.45, 7) is 16.0. The van der Waals surface area contributed by atoms with Gasteiger partial charge in [0.2, 0.25) is 0 Å². The van der Waals surface area contributed by atoms with Crippen molar-refractivity contribution in [1.29, 1.82) is 0 Å². The number of carbonyl (C=O) groups is 5. The monoisotopic (exact) mass is 698 g/mol. The standard InChI is InChI=1S/C36H55ClO11/c1-11-30(45-26(7)39)24(5)34(37)31(46-27(8)40)19-21(2)13-12-14-22(3)35-23(4)15-16-32(47-28(9)41)36(10,43)18-17-29(44-25(6)38)20-33(42)48-35/h12-16,21,23-24,29-32,34-35,43H,11,17-20H2,1-10H3/b13-12+,16-15-,22-14+. The Kier molecular flexibility index (Phi) is 18.2. The number of rotatable bonds is 13. The second-order valence-corrected chi connectivity index (χ2v) is 13.5. The average Bonchev–Trinajstić information content (AvgIpc) is 2.96. The Morgan fingerprint density at radius 3 is 2.12 bits per heavy atom. The summed E-state index contributed by atoms with van der Waals surface area (Å²) in [4.78, 5) is 60.2. The minimum atomic E-state index is -1.50. The topological polar surface area (TPSA) is 152 Å². The highest BCUT2D eigenvalue weighted by Gasteiger charge is 2.36. The Hall–Kier alpha value is -3.18. The first kappa shape index (κ1) is 42.8. The molecule has 0 aromatic heterocycles. The molecule has 1 aliphatic rings. The zero-order valence-electron chi connectivity index (χ0n) is 30.0. The van der Waals surface area contributed by atoms with E-state index >= 15 is 0 Å². The maximum atomic E-state index is 13.1. The number of hydrogen-bond acceptors (Lipinski definition) is 11. The molecule has 0 aromatic carbocycles. The van der Waals surface area contributed by atoms with Gasteiger partial charge < -0.3 is 28.8 Å². The molecule has 10 unspecified atom stereocenters. The molecule has 12 heteroatoms. The molecule has 0 bridgehead atoms. The van der Waals surface area contributed by atoms with E-state index in [1.165, 1.54) is 34.6 Å². The Morgan fingerprint density at radius 2 is 1.58 bits per heavy atom. The summed E-state index contributed by atoms with van der Waals surface area (Å²) < 4.78 is 27.7. The normalized spacial score (nSPS) is 27.9. The molecular weight excluding hydrogens is 644 g/mol. The molecule has 1 aliphatic heterocycles. The van der Waals surface area contributed by atoms with Crippen molar-refractivity contribution in [2.24, 2.45) is 17.8 Å². The van der Waals surface area contributed by atoms with Crippen LogP contribution in [0.4, 0.5) is 0 Å². The van der Waals surface area contributed by atoms with Gasteiger partial charge in [0.15, 0.2) is 0 Å². The summed E-state index contributed by atoms with van der Waals surface area (Å²) in [6, 6.07) is 0. The summed E-state index contributed by atoms with van der Waals surface area (Å²) in [5.74, 6) is -3.35. The van der Waals surface area contributed by atoms with E-state index in [9.17, 15) is 29.1 Å². The fraction of sp³-hybridized carbons (Fsp3) is 0.694. The van der Waals surface area contributed by atoms with Gasteiger partial charge in [-0.25, -0.2) is 0 Å². The lowest BCUT2D eigenvalue weighted by atomic mass is 9.88. The minimum Gasteiger partial charge on any atom is -0.462 e. The Labute approximate surface area is 290 Å². The molecule has 11 nitrogen and oxygen atoms in total. The molecule has 0 aliphatic carbocycles. The van der Waals surface area contributed by atoms with Crippen molar-refractivity contribution in [3.63, 3.8) is 0 Å². The molecule has 1 heterocycles. The van der Waals surface area contributed by atoms with E-state index in [0.717, 1.165) is 0 Å². The summed E-state index contributed by atoms with van der Waals surface area (Å²) >= 11 is 6.80. The predicted octanol–water partition coefficient (Wildman–Crippen LogP) is 5.93. The Balaban J connectivity index is 3.29. The second-order valence-electron chi connectivity index (χ2n) is 13.0. The van der Waals surface area contributed by atoms with Crippen LogP contribution >= 0.6 is 11.6 Å². The zero-order valence-corrected chi connectivity index (χ0v) is 30.8. The summed E-state index contributed by atoms with van der Waals surface area (Å²) in [7, 11) is 0. The lowest BCUT2D eigenvalue weighted by Crippen LogP contribution is -2.42. The van der Waals surface area contributed by atoms with Crippen molar-refractivity contribution in [3.05, 3.63) is 36.0 Å². The van der Waals surface area contributed by atoms with Crippen molar-refractivity contribution >= 4 is 41.4 Å². The predicted molar refractivity (Wildman–Crippen MR) is 181 cm³/mol. The van der Waals surface area contributed by atoms with Crippen LogP contribution in [0.1, 0.15) is 101 Å². The van der Waals surface area contributed by atoms with Gasteiger partial charge in [0, 0.05) is 39.5 Å². The number of halogens is 1. The number of carbonyl (C=O) groups excluding carboxylic acids is 5. The highest BCUT2D eigenvalue weighted by molar-refractivity contribution is 6.21. The largest absolute Gasteiger partial charge is 0.462 e. The van der Waals surface area contributed by atoms with E-state index in [0.29, 0.717) is 18.4 Å². The van der Waals surface area contributed by atoms with Crippen LogP contribution < -0.4 is 0 Å². The first-order chi connectivity index (χ1) is 22.3. The fourth-order valence-electron chi connectivity index (χ4n) is 5.67. The number of esters is 5. The van der Waals surface area contributed by atoms with Gasteiger partial charge in [-0.1, -0.05) is 52.0 Å². The van der Waals surface area contributed by atoms with Gasteiger partial charge in [-0.15, -0.1) is 11.6 Å². The SMILES string of the molecule is CCC(OC(C)=O)C(C)C(Cl)C(CC(C)/C=C/C=C(\C)C1OC(=O)CC(OC(C)=O)CCC(C)(O)C(OC(C)=O)/C=C\C1C)OC(C)=O. The lowest BCUT2D eigenvalue weighted by Gasteiger charge is -2.33. The third-order valence-electron chi connectivity index (χ3n) is 8.26. The molecule has 48 heavy (non-hydrogen) atoms. The highest BCUT2D eigenvalue weighted by atomic mass is 35.5. The molecule has 1 N–H and O–H groups in total. The van der Waals surface area contributed by atoms with Gasteiger partial charge >= 0.3 is 29.8 Å². The van der Waals surface area contributed by atoms with Gasteiger partial charge in [-0.05, 0) is 57.1 Å². The van der Waals surface area contributed by atoms with E-state index in [4.69, 9.17) is 35.3 Å². The van der Waals surface area contributed by atoms with Gasteiger partial charge in [-0.2, -0.15) is 0 Å². The van der Waals surface area contributed by atoms with Crippen molar-refractivity contribution in [1.82, 2.24) is 0 Å². The van der Waals surface area contributed by atoms with E-state index in [2.05, 4.69) is 0 Å². The number of alkyl halides is 1. The van der Waals surface area contributed by atoms with E-state index in [1.807, 2.05) is 52.8 Å². The van der Waals surface area contributed by atoms with Gasteiger partial charge in [0.05, 0.1) is 11.8 Å². The van der Waals surface area contributed by atoms with Crippen LogP contribution in [0.25, 0.3) is 0 Å². The molecule has 0 aromatic rings. The first-order valence-corrected chi connectivity index (χ1v) is 17.0. The molecule has 0 spiro atoms. The van der Waals surface area contributed by atoms with Gasteiger partial charge in [0.25, 0.3) is 0 Å². The second kappa shape index (κ2) is 20.4. The minimum absolute atomic E-state index is 0.0898. The van der Waals surface area contributed by atoms with Crippen molar-refractivity contribution < 1.29 is 52.8 Å². The number of aliphatic hydroxyl groups is 1. The Bertz CT molecular complexity index is 1190. The van der Waals surface area contributed by atoms with Gasteiger partial charge in [0.1, 0.15) is 36.1 Å². The Morgan fingerprint density at radius 1 is 1.00 bits per heavy atom. The molecule has 0 saturated heterocycles. The van der Waals surface area contributed by atoms with Crippen LogP contribution in [0.2, 0.25) is 0 Å². The van der Waals surface area contributed by atoms with Crippen LogP contribution in [0.3, 0.4) is 0 Å². The molecular formula is C36H55ClO11. The number of hydrogen-bond donors (Lipinski definition) is 1. The van der Waals surface area contributed by atoms with Crippen LogP contribution in [-0.2, 0) is 47.7 Å². The molecule has 10 atom stereocenters. The fourth-order valence-corrected chi connectivity index (χ4v) is 5.98. The van der Waals surface area contributed by atoms with Crippen molar-refractivity contribution in [3.8, 4) is 0 Å². The molecule has 272 valence electrons. The lowest BCUT2D eigenvalue weighted by molar-refractivity contribution is -0.160. The first-order valence-electron chi connectivity index (χ1n) is 16.5. The van der Waals surface area contributed by atoms with E-state index in [1.54, 1.807) is 12.2 Å².